The predicted octanol–water partition coefficient (Wildman–Crippen LogP) is 3.26. The molecule has 1 aliphatic heterocycles. The molecule has 26 heavy (non-hydrogen) atoms. The molecule has 136 valence electrons. The largest absolute Gasteiger partial charge is 0.378 e. The lowest BCUT2D eigenvalue weighted by molar-refractivity contribution is 0.181. The van der Waals surface area contributed by atoms with E-state index >= 15 is 0 Å². The van der Waals surface area contributed by atoms with E-state index < -0.39 is 0 Å². The molecule has 0 spiro atoms. The maximum Gasteiger partial charge on any atom is 0.254 e. The summed E-state index contributed by atoms with van der Waals surface area (Å²) in [6, 6.07) is 13.4. The Kier molecular flexibility index (Phi) is 5.11. The number of ether oxygens (including phenoxy) is 1. The van der Waals surface area contributed by atoms with Crippen molar-refractivity contribution in [1.82, 2.24) is 19.6 Å². The van der Waals surface area contributed by atoms with Crippen LogP contribution in [0.4, 0.5) is 5.82 Å². The molecule has 1 unspecified atom stereocenters. The molecule has 1 saturated heterocycles. The summed E-state index contributed by atoms with van der Waals surface area (Å²) in [7, 11) is 1.69. The Morgan fingerprint density at radius 3 is 2.92 bits per heavy atom. The van der Waals surface area contributed by atoms with Crippen molar-refractivity contribution in [1.29, 1.82) is 0 Å². The minimum atomic E-state index is 0.485. The van der Waals surface area contributed by atoms with Crippen LogP contribution in [0.15, 0.2) is 42.7 Å². The highest BCUT2D eigenvalue weighted by Gasteiger charge is 2.25. The van der Waals surface area contributed by atoms with Crippen molar-refractivity contribution in [3.63, 3.8) is 0 Å². The molecule has 3 heterocycles. The van der Waals surface area contributed by atoms with Crippen LogP contribution in [0.2, 0.25) is 0 Å². The number of fused-ring (bicyclic) bond motifs is 1. The molecule has 0 amide bonds. The SMILES string of the molecule is COCc1cc(N2CCCCC2CCc2ccccc2)n2ncnc2n1. The Morgan fingerprint density at radius 1 is 1.19 bits per heavy atom. The summed E-state index contributed by atoms with van der Waals surface area (Å²) >= 11 is 0. The minimum Gasteiger partial charge on any atom is -0.378 e. The van der Waals surface area contributed by atoms with E-state index in [0.29, 0.717) is 18.4 Å². The van der Waals surface area contributed by atoms with E-state index in [1.54, 1.807) is 13.4 Å². The molecule has 4 rings (SSSR count). The van der Waals surface area contributed by atoms with Gasteiger partial charge in [0, 0.05) is 25.8 Å². The third-order valence-corrected chi connectivity index (χ3v) is 5.11. The van der Waals surface area contributed by atoms with Crippen LogP contribution in [-0.2, 0) is 17.8 Å². The number of hydrogen-bond donors (Lipinski definition) is 0. The molecule has 0 aliphatic carbocycles. The van der Waals surface area contributed by atoms with Crippen molar-refractivity contribution < 1.29 is 4.74 Å². The molecule has 3 aromatic rings. The normalized spacial score (nSPS) is 17.7. The Balaban J connectivity index is 1.61. The second kappa shape index (κ2) is 7.83. The van der Waals surface area contributed by atoms with Crippen molar-refractivity contribution in [3.05, 3.63) is 54.0 Å². The van der Waals surface area contributed by atoms with Crippen LogP contribution in [-0.4, -0.2) is 39.3 Å². The number of aryl methyl sites for hydroxylation is 1. The Morgan fingerprint density at radius 2 is 2.08 bits per heavy atom. The van der Waals surface area contributed by atoms with Crippen LogP contribution in [0.5, 0.6) is 0 Å². The standard InChI is InChI=1S/C20H25N5O/c1-26-14-17-13-19(25-20(23-17)21-15-22-25)24-12-6-5-9-18(24)11-10-16-7-3-2-4-8-16/h2-4,7-8,13,15,18H,5-6,9-12,14H2,1H3. The summed E-state index contributed by atoms with van der Waals surface area (Å²) in [6.07, 6.45) is 7.52. The number of benzene rings is 1. The Labute approximate surface area is 153 Å². The highest BCUT2D eigenvalue weighted by Crippen LogP contribution is 2.28. The van der Waals surface area contributed by atoms with Crippen LogP contribution < -0.4 is 4.90 Å². The second-order valence-electron chi connectivity index (χ2n) is 6.88. The van der Waals surface area contributed by atoms with E-state index in [1.807, 2.05) is 4.52 Å². The third kappa shape index (κ3) is 3.55. The van der Waals surface area contributed by atoms with Gasteiger partial charge < -0.3 is 9.64 Å². The summed E-state index contributed by atoms with van der Waals surface area (Å²) in [4.78, 5) is 11.3. The lowest BCUT2D eigenvalue weighted by Gasteiger charge is -2.37. The fraction of sp³-hybridized carbons (Fsp3) is 0.450. The molecule has 2 aromatic heterocycles. The van der Waals surface area contributed by atoms with Crippen molar-refractivity contribution in [3.8, 4) is 0 Å². The van der Waals surface area contributed by atoms with Crippen molar-refractivity contribution in [2.24, 2.45) is 0 Å². The first-order valence-corrected chi connectivity index (χ1v) is 9.34. The molecule has 1 fully saturated rings. The molecule has 1 aliphatic rings. The molecule has 0 radical (unpaired) electrons. The summed E-state index contributed by atoms with van der Waals surface area (Å²) in [6.45, 7) is 1.53. The third-order valence-electron chi connectivity index (χ3n) is 5.11. The molecule has 0 saturated carbocycles. The van der Waals surface area contributed by atoms with Crippen molar-refractivity contribution in [2.75, 3.05) is 18.6 Å². The summed E-state index contributed by atoms with van der Waals surface area (Å²) in [5.74, 6) is 1.72. The Bertz CT molecular complexity index is 848. The average Bonchev–Trinajstić information content (AvgIpc) is 3.16. The van der Waals surface area contributed by atoms with E-state index in [1.165, 1.54) is 24.8 Å². The van der Waals surface area contributed by atoms with E-state index in [2.05, 4.69) is 56.4 Å². The monoisotopic (exact) mass is 351 g/mol. The first-order valence-electron chi connectivity index (χ1n) is 9.34. The van der Waals surface area contributed by atoms with Crippen LogP contribution in [0, 0.1) is 0 Å². The Hall–Kier alpha value is -2.47. The molecule has 6 heteroatoms. The van der Waals surface area contributed by atoms with Gasteiger partial charge in [-0.25, -0.2) is 4.98 Å². The van der Waals surface area contributed by atoms with Gasteiger partial charge in [-0.15, -0.1) is 0 Å². The fourth-order valence-corrected chi connectivity index (χ4v) is 3.85. The van der Waals surface area contributed by atoms with Crippen molar-refractivity contribution in [2.45, 2.75) is 44.8 Å². The summed E-state index contributed by atoms with van der Waals surface area (Å²) < 4.78 is 7.15. The second-order valence-corrected chi connectivity index (χ2v) is 6.88. The van der Waals surface area contributed by atoms with Crippen LogP contribution >= 0.6 is 0 Å². The smallest absolute Gasteiger partial charge is 0.254 e. The zero-order chi connectivity index (χ0) is 17.8. The van der Waals surface area contributed by atoms with Gasteiger partial charge in [-0.05, 0) is 37.7 Å². The molecule has 1 aromatic carbocycles. The maximum atomic E-state index is 5.29. The van der Waals surface area contributed by atoms with Gasteiger partial charge in [-0.3, -0.25) is 0 Å². The van der Waals surface area contributed by atoms with Gasteiger partial charge in [0.2, 0.25) is 0 Å². The molecule has 1 atom stereocenters. The van der Waals surface area contributed by atoms with Gasteiger partial charge in [0.05, 0.1) is 12.3 Å². The van der Waals surface area contributed by atoms with E-state index in [0.717, 1.165) is 30.9 Å². The van der Waals surface area contributed by atoms with Crippen molar-refractivity contribution >= 4 is 11.6 Å². The number of aromatic nitrogens is 4. The quantitative estimate of drug-likeness (QED) is 0.682. The number of anilines is 1. The van der Waals surface area contributed by atoms with Crippen LogP contribution in [0.3, 0.4) is 0 Å². The number of methoxy groups -OCH3 is 1. The van der Waals surface area contributed by atoms with E-state index in [9.17, 15) is 0 Å². The number of nitrogens with zero attached hydrogens (tertiary/aromatic N) is 5. The van der Waals surface area contributed by atoms with Crippen LogP contribution in [0.25, 0.3) is 5.78 Å². The van der Waals surface area contributed by atoms with Crippen LogP contribution in [0.1, 0.15) is 36.9 Å². The number of hydrogen-bond acceptors (Lipinski definition) is 5. The van der Waals surface area contributed by atoms with E-state index in [4.69, 9.17) is 4.74 Å². The van der Waals surface area contributed by atoms with Gasteiger partial charge in [0.15, 0.2) is 0 Å². The molecule has 6 nitrogen and oxygen atoms in total. The maximum absolute atomic E-state index is 5.29. The lowest BCUT2D eigenvalue weighted by Crippen LogP contribution is -2.41. The highest BCUT2D eigenvalue weighted by molar-refractivity contribution is 5.48. The fourth-order valence-electron chi connectivity index (χ4n) is 3.85. The van der Waals surface area contributed by atoms with Gasteiger partial charge >= 0.3 is 0 Å². The zero-order valence-corrected chi connectivity index (χ0v) is 15.2. The van der Waals surface area contributed by atoms with Gasteiger partial charge in [0.25, 0.3) is 5.78 Å². The molecular weight excluding hydrogens is 326 g/mol. The highest BCUT2D eigenvalue weighted by atomic mass is 16.5. The first-order chi connectivity index (χ1) is 12.8. The summed E-state index contributed by atoms with van der Waals surface area (Å²) in [5.41, 5.74) is 2.30. The molecule has 0 bridgehead atoms. The average molecular weight is 351 g/mol. The van der Waals surface area contributed by atoms with E-state index in [-0.39, 0.29) is 0 Å². The minimum absolute atomic E-state index is 0.485. The predicted molar refractivity (Wildman–Crippen MR) is 101 cm³/mol. The lowest BCUT2D eigenvalue weighted by atomic mass is 9.96. The van der Waals surface area contributed by atoms with Gasteiger partial charge in [0.1, 0.15) is 12.1 Å². The molecule has 0 N–H and O–H groups in total. The van der Waals surface area contributed by atoms with Gasteiger partial charge in [-0.1, -0.05) is 30.3 Å². The summed E-state index contributed by atoms with van der Waals surface area (Å²) in [5, 5.41) is 4.41. The zero-order valence-electron chi connectivity index (χ0n) is 15.2. The molecular formula is C20H25N5O. The number of rotatable bonds is 6. The topological polar surface area (TPSA) is 55.6 Å². The first kappa shape index (κ1) is 17.0. The van der Waals surface area contributed by atoms with Gasteiger partial charge in [-0.2, -0.15) is 14.6 Å². The number of piperidine rings is 1.